The number of ether oxygens (including phenoxy) is 2. The Labute approximate surface area is 339 Å². The highest BCUT2D eigenvalue weighted by atomic mass is 16.7. The Balaban J connectivity index is 2.39. The Morgan fingerprint density at radius 1 is 0.643 bits per heavy atom. The Bertz CT molecular complexity index is 1070. The molecule has 0 bridgehead atoms. The van der Waals surface area contributed by atoms with Crippen LogP contribution in [0.2, 0.25) is 0 Å². The summed E-state index contributed by atoms with van der Waals surface area (Å²) in [7, 11) is 0. The first-order valence-electron chi connectivity index (χ1n) is 22.1. The third-order valence-corrected chi connectivity index (χ3v) is 10.1. The number of nitrogens with one attached hydrogen (secondary N) is 1. The molecular formula is C46H81NO9. The molecule has 8 unspecified atom stereocenters. The number of hydrogen-bond acceptors (Lipinski definition) is 9. The standard InChI is InChI=1S/C46H81NO9/c1-3-5-7-9-11-13-15-16-17-18-19-20-21-22-23-25-27-29-31-33-35-40(50)45(54)47-38(37-55-46-44(53)43(52)42(51)41(36-48)56-46)39(49)34-32-30-28-26-24-14-12-10-8-6-4-2/h5,7-8,10-11,13,24,26,32,34,38-44,46,48-53H,3-4,6,9,12,14-23,25,27-31,33,35-37H2,1-2H3,(H,47,54)/b7-5-,10-8+,13-11-,26-24+,34-32+. The summed E-state index contributed by atoms with van der Waals surface area (Å²) in [5.41, 5.74) is 0. The number of hydrogen-bond donors (Lipinski definition) is 7. The zero-order valence-electron chi connectivity index (χ0n) is 35.0. The van der Waals surface area contributed by atoms with E-state index >= 15 is 0 Å². The number of carbonyl (C=O) groups excluding carboxylic acids is 1. The van der Waals surface area contributed by atoms with E-state index in [1.807, 2.05) is 6.08 Å². The molecule has 0 aromatic carbocycles. The van der Waals surface area contributed by atoms with Crippen LogP contribution in [0.15, 0.2) is 60.8 Å². The quantitative estimate of drug-likeness (QED) is 0.0250. The van der Waals surface area contributed by atoms with Crippen LogP contribution in [0.5, 0.6) is 0 Å². The SMILES string of the molecule is CC/C=C\C/C=C\CCCCCCCCCCCCCCCC(O)C(=O)NC(COC1OC(CO)C(O)C(O)C1O)C(O)/C=C/CC/C=C/CC/C=C/CCC. The lowest BCUT2D eigenvalue weighted by molar-refractivity contribution is -0.302. The van der Waals surface area contributed by atoms with Crippen molar-refractivity contribution < 1.29 is 44.9 Å². The normalized spacial score (nSPS) is 22.3. The number of allylic oxidation sites excluding steroid dienone is 9. The minimum Gasteiger partial charge on any atom is -0.394 e. The molecule has 56 heavy (non-hydrogen) atoms. The molecule has 1 rings (SSSR count). The molecule has 0 spiro atoms. The average Bonchev–Trinajstić information content (AvgIpc) is 3.20. The summed E-state index contributed by atoms with van der Waals surface area (Å²) in [5.74, 6) is -0.636. The van der Waals surface area contributed by atoms with Gasteiger partial charge in [-0.1, -0.05) is 158 Å². The molecule has 0 saturated carbocycles. The minimum atomic E-state index is -1.62. The van der Waals surface area contributed by atoms with Gasteiger partial charge < -0.3 is 45.4 Å². The maximum absolute atomic E-state index is 13.0. The van der Waals surface area contributed by atoms with Crippen molar-refractivity contribution in [2.45, 2.75) is 210 Å². The fraction of sp³-hybridized carbons (Fsp3) is 0.761. The Hall–Kier alpha value is -2.15. The van der Waals surface area contributed by atoms with Gasteiger partial charge in [-0.3, -0.25) is 4.79 Å². The third kappa shape index (κ3) is 26.0. The molecule has 1 aliphatic rings. The molecule has 0 aromatic heterocycles. The summed E-state index contributed by atoms with van der Waals surface area (Å²) in [6.45, 7) is 3.38. The molecule has 8 atom stereocenters. The van der Waals surface area contributed by atoms with Gasteiger partial charge in [-0.2, -0.15) is 0 Å². The summed E-state index contributed by atoms with van der Waals surface area (Å²) in [6, 6.07) is -1.00. The van der Waals surface area contributed by atoms with Crippen LogP contribution in [-0.4, -0.2) is 98.7 Å². The summed E-state index contributed by atoms with van der Waals surface area (Å²) in [6.07, 6.45) is 36.1. The van der Waals surface area contributed by atoms with Crippen molar-refractivity contribution in [3.05, 3.63) is 60.8 Å². The van der Waals surface area contributed by atoms with E-state index in [0.717, 1.165) is 64.2 Å². The van der Waals surface area contributed by atoms with Crippen LogP contribution < -0.4 is 5.32 Å². The number of amides is 1. The van der Waals surface area contributed by atoms with Crippen LogP contribution in [0.25, 0.3) is 0 Å². The predicted molar refractivity (Wildman–Crippen MR) is 227 cm³/mol. The van der Waals surface area contributed by atoms with Crippen molar-refractivity contribution in [2.24, 2.45) is 0 Å². The third-order valence-electron chi connectivity index (χ3n) is 10.1. The molecule has 7 N–H and O–H groups in total. The molecule has 1 saturated heterocycles. The number of unbranched alkanes of at least 4 members (excludes halogenated alkanes) is 16. The van der Waals surface area contributed by atoms with E-state index in [9.17, 15) is 35.4 Å². The van der Waals surface area contributed by atoms with E-state index in [2.05, 4.69) is 67.8 Å². The first kappa shape index (κ1) is 51.9. The molecule has 0 radical (unpaired) electrons. The zero-order valence-corrected chi connectivity index (χ0v) is 35.0. The van der Waals surface area contributed by atoms with Gasteiger partial charge in [-0.25, -0.2) is 0 Å². The first-order valence-corrected chi connectivity index (χ1v) is 22.1. The van der Waals surface area contributed by atoms with Gasteiger partial charge in [0, 0.05) is 0 Å². The van der Waals surface area contributed by atoms with E-state index < -0.39 is 61.5 Å². The van der Waals surface area contributed by atoms with Gasteiger partial charge >= 0.3 is 0 Å². The number of aliphatic hydroxyl groups is 6. The summed E-state index contributed by atoms with van der Waals surface area (Å²) < 4.78 is 11.1. The van der Waals surface area contributed by atoms with E-state index in [4.69, 9.17) is 9.47 Å². The van der Waals surface area contributed by atoms with Crippen LogP contribution in [0.4, 0.5) is 0 Å². The molecule has 1 heterocycles. The smallest absolute Gasteiger partial charge is 0.249 e. The second kappa shape index (κ2) is 36.0. The van der Waals surface area contributed by atoms with Crippen molar-refractivity contribution >= 4 is 5.91 Å². The van der Waals surface area contributed by atoms with Crippen LogP contribution in [0, 0.1) is 0 Å². The van der Waals surface area contributed by atoms with Gasteiger partial charge in [-0.05, 0) is 64.2 Å². The van der Waals surface area contributed by atoms with E-state index in [1.165, 1.54) is 64.2 Å². The minimum absolute atomic E-state index is 0.297. The van der Waals surface area contributed by atoms with Gasteiger partial charge in [0.1, 0.15) is 30.5 Å². The van der Waals surface area contributed by atoms with Crippen LogP contribution in [-0.2, 0) is 14.3 Å². The van der Waals surface area contributed by atoms with Crippen molar-refractivity contribution in [3.63, 3.8) is 0 Å². The lowest BCUT2D eigenvalue weighted by atomic mass is 9.99. The Kier molecular flexibility index (Phi) is 33.3. The van der Waals surface area contributed by atoms with Gasteiger partial charge in [0.2, 0.25) is 5.91 Å². The van der Waals surface area contributed by atoms with Gasteiger partial charge in [0.25, 0.3) is 0 Å². The second-order valence-corrected chi connectivity index (χ2v) is 15.2. The maximum atomic E-state index is 13.0. The van der Waals surface area contributed by atoms with E-state index in [-0.39, 0.29) is 6.61 Å². The van der Waals surface area contributed by atoms with Crippen molar-refractivity contribution in [1.82, 2.24) is 5.32 Å². The summed E-state index contributed by atoms with van der Waals surface area (Å²) >= 11 is 0. The van der Waals surface area contributed by atoms with Crippen molar-refractivity contribution in [3.8, 4) is 0 Å². The van der Waals surface area contributed by atoms with Gasteiger partial charge in [0.05, 0.1) is 25.4 Å². The highest BCUT2D eigenvalue weighted by molar-refractivity contribution is 5.80. The number of aliphatic hydroxyl groups excluding tert-OH is 6. The van der Waals surface area contributed by atoms with Gasteiger partial charge in [0.15, 0.2) is 6.29 Å². The topological polar surface area (TPSA) is 169 Å². The largest absolute Gasteiger partial charge is 0.394 e. The highest BCUT2D eigenvalue weighted by Crippen LogP contribution is 2.22. The Morgan fingerprint density at radius 2 is 1.16 bits per heavy atom. The van der Waals surface area contributed by atoms with Gasteiger partial charge in [-0.15, -0.1) is 0 Å². The fourth-order valence-corrected chi connectivity index (χ4v) is 6.53. The maximum Gasteiger partial charge on any atom is 0.249 e. The molecule has 0 aromatic rings. The van der Waals surface area contributed by atoms with Crippen LogP contribution in [0.3, 0.4) is 0 Å². The lowest BCUT2D eigenvalue weighted by Gasteiger charge is -2.40. The Morgan fingerprint density at radius 3 is 1.73 bits per heavy atom. The van der Waals surface area contributed by atoms with Crippen molar-refractivity contribution in [2.75, 3.05) is 13.2 Å². The average molecular weight is 792 g/mol. The number of rotatable bonds is 35. The van der Waals surface area contributed by atoms with E-state index in [1.54, 1.807) is 6.08 Å². The van der Waals surface area contributed by atoms with Crippen LogP contribution >= 0.6 is 0 Å². The first-order chi connectivity index (χ1) is 27.3. The zero-order chi connectivity index (χ0) is 41.1. The number of carbonyl (C=O) groups is 1. The summed E-state index contributed by atoms with van der Waals surface area (Å²) in [5, 5.41) is 64.5. The highest BCUT2D eigenvalue weighted by Gasteiger charge is 2.44. The molecular weight excluding hydrogens is 711 g/mol. The molecule has 0 aliphatic carbocycles. The lowest BCUT2D eigenvalue weighted by Crippen LogP contribution is -2.60. The molecule has 1 fully saturated rings. The molecule has 1 aliphatic heterocycles. The van der Waals surface area contributed by atoms with Crippen LogP contribution in [0.1, 0.15) is 162 Å². The molecule has 10 heteroatoms. The summed E-state index contributed by atoms with van der Waals surface area (Å²) in [4.78, 5) is 13.0. The predicted octanol–water partition coefficient (Wildman–Crippen LogP) is 7.80. The monoisotopic (exact) mass is 792 g/mol. The molecule has 10 nitrogen and oxygen atoms in total. The second-order valence-electron chi connectivity index (χ2n) is 15.2. The molecule has 1 amide bonds. The molecule has 324 valence electrons. The van der Waals surface area contributed by atoms with Crippen molar-refractivity contribution in [1.29, 1.82) is 0 Å². The fourth-order valence-electron chi connectivity index (χ4n) is 6.53. The van der Waals surface area contributed by atoms with E-state index in [0.29, 0.717) is 19.3 Å².